The van der Waals surface area contributed by atoms with E-state index in [1.165, 1.54) is 10.9 Å². The van der Waals surface area contributed by atoms with Crippen LogP contribution in [0.25, 0.3) is 0 Å². The Balaban J connectivity index is 1.56. The van der Waals surface area contributed by atoms with Gasteiger partial charge in [-0.25, -0.2) is 13.2 Å². The summed E-state index contributed by atoms with van der Waals surface area (Å²) in [4.78, 5) is 42.1. The molecule has 2 amide bonds. The molecule has 2 bridgehead atoms. The van der Waals surface area contributed by atoms with Crippen LogP contribution in [-0.2, 0) is 13.2 Å². The summed E-state index contributed by atoms with van der Waals surface area (Å²) < 4.78 is 48.9. The number of fused-ring (bicyclic) bond motifs is 4. The first-order valence-electron chi connectivity index (χ1n) is 12.6. The Hall–Kier alpha value is -4.28. The minimum atomic E-state index is -1.17. The predicted octanol–water partition coefficient (Wildman–Crippen LogP) is 3.70. The van der Waals surface area contributed by atoms with Crippen LogP contribution in [0, 0.1) is 17.5 Å². The summed E-state index contributed by atoms with van der Waals surface area (Å²) in [7, 11) is 0. The van der Waals surface area contributed by atoms with Crippen LogP contribution in [0.2, 0.25) is 0 Å². The minimum Gasteiger partial charge on any atom is -0.482 e. The first kappa shape index (κ1) is 26.3. The van der Waals surface area contributed by atoms with Crippen molar-refractivity contribution in [1.82, 2.24) is 14.9 Å². The monoisotopic (exact) mass is 540 g/mol. The number of hydrogen-bond donors (Lipinski definition) is 1. The van der Waals surface area contributed by atoms with Gasteiger partial charge in [-0.1, -0.05) is 30.3 Å². The average molecular weight is 541 g/mol. The van der Waals surface area contributed by atoms with Gasteiger partial charge in [0.25, 0.3) is 11.8 Å². The molecule has 11 heteroatoms. The van der Waals surface area contributed by atoms with Gasteiger partial charge in [0.1, 0.15) is 36.3 Å². The zero-order valence-corrected chi connectivity index (χ0v) is 21.4. The van der Waals surface area contributed by atoms with Crippen LogP contribution in [-0.4, -0.2) is 40.1 Å². The molecule has 2 aromatic carbocycles. The molecule has 1 aromatic heterocycles. The molecule has 1 fully saturated rings. The van der Waals surface area contributed by atoms with E-state index < -0.39 is 46.8 Å². The molecule has 0 saturated carbocycles. The molecule has 2 atom stereocenters. The van der Waals surface area contributed by atoms with Crippen LogP contribution in [0.4, 0.5) is 13.2 Å². The van der Waals surface area contributed by atoms with Crippen LogP contribution in [0.3, 0.4) is 0 Å². The number of halogens is 3. The Labute approximate surface area is 222 Å². The maximum absolute atomic E-state index is 14.1. The van der Waals surface area contributed by atoms with Crippen LogP contribution >= 0.6 is 0 Å². The molecule has 39 heavy (non-hydrogen) atoms. The molecule has 2 aliphatic heterocycles. The van der Waals surface area contributed by atoms with Crippen LogP contribution < -0.4 is 20.5 Å². The number of amides is 2. The summed E-state index contributed by atoms with van der Waals surface area (Å²) >= 11 is 0. The number of benzene rings is 2. The fourth-order valence-electron chi connectivity index (χ4n) is 4.91. The van der Waals surface area contributed by atoms with E-state index in [1.54, 1.807) is 29.2 Å². The number of carbonyl (C=O) groups is 2. The van der Waals surface area contributed by atoms with Crippen molar-refractivity contribution in [2.75, 3.05) is 11.7 Å². The van der Waals surface area contributed by atoms with Crippen molar-refractivity contribution < 1.29 is 27.5 Å². The van der Waals surface area contributed by atoms with E-state index >= 15 is 0 Å². The Kier molecular flexibility index (Phi) is 7.07. The van der Waals surface area contributed by atoms with Crippen LogP contribution in [0.15, 0.2) is 53.5 Å². The number of rotatable bonds is 6. The first-order chi connectivity index (χ1) is 18.7. The fraction of sp³-hybridized carbons (Fsp3) is 0.321. The lowest BCUT2D eigenvalue weighted by Crippen LogP contribution is -2.57. The smallest absolute Gasteiger partial charge is 0.278 e. The molecule has 204 valence electrons. The number of carbonyl (C=O) groups excluding carboxylic acids is 2. The average Bonchev–Trinajstić information content (AvgIpc) is 3.03. The van der Waals surface area contributed by atoms with Gasteiger partial charge < -0.3 is 15.0 Å². The largest absolute Gasteiger partial charge is 0.482 e. The third kappa shape index (κ3) is 4.96. The summed E-state index contributed by atoms with van der Waals surface area (Å²) in [6.45, 7) is 3.53. The zero-order chi connectivity index (χ0) is 27.8. The summed E-state index contributed by atoms with van der Waals surface area (Å²) in [5.74, 6) is -5.02. The van der Waals surface area contributed by atoms with Crippen molar-refractivity contribution in [1.29, 1.82) is 0 Å². The molecule has 0 radical (unpaired) electrons. The number of aromatic nitrogens is 1. The Morgan fingerprint density at radius 1 is 1.03 bits per heavy atom. The molecule has 1 saturated heterocycles. The Bertz CT molecular complexity index is 1470. The number of pyridine rings is 1. The van der Waals surface area contributed by atoms with Gasteiger partial charge in [-0.05, 0) is 32.3 Å². The summed E-state index contributed by atoms with van der Waals surface area (Å²) in [5.41, 5.74) is -0.991. The second-order valence-electron chi connectivity index (χ2n) is 9.83. The topological polar surface area (TPSA) is 83.9 Å². The summed E-state index contributed by atoms with van der Waals surface area (Å²) in [6.07, 6.45) is 2.79. The minimum absolute atomic E-state index is 0.00922. The number of nitrogens with zero attached hydrogens (tertiary/aromatic N) is 3. The Morgan fingerprint density at radius 2 is 1.69 bits per heavy atom. The lowest BCUT2D eigenvalue weighted by molar-refractivity contribution is 0.0624. The van der Waals surface area contributed by atoms with Gasteiger partial charge in [0.2, 0.25) is 5.43 Å². The first-order valence-corrected chi connectivity index (χ1v) is 12.6. The normalized spacial score (nSPS) is 18.4. The van der Waals surface area contributed by atoms with Crippen molar-refractivity contribution in [3.63, 3.8) is 0 Å². The van der Waals surface area contributed by atoms with Gasteiger partial charge >= 0.3 is 0 Å². The van der Waals surface area contributed by atoms with E-state index in [2.05, 4.69) is 5.32 Å². The van der Waals surface area contributed by atoms with Crippen molar-refractivity contribution in [2.24, 2.45) is 0 Å². The molecule has 0 unspecified atom stereocenters. The molecular formula is C28H27F3N4O4. The van der Waals surface area contributed by atoms with Crippen molar-refractivity contribution in [3.8, 4) is 5.75 Å². The predicted molar refractivity (Wildman–Crippen MR) is 136 cm³/mol. The van der Waals surface area contributed by atoms with E-state index in [4.69, 9.17) is 4.74 Å². The summed E-state index contributed by atoms with van der Waals surface area (Å²) in [6, 6.07) is 9.94. The Morgan fingerprint density at radius 3 is 2.38 bits per heavy atom. The number of nitrogens with one attached hydrogen (secondary N) is 1. The van der Waals surface area contributed by atoms with Crippen molar-refractivity contribution >= 4 is 11.8 Å². The third-order valence-corrected chi connectivity index (χ3v) is 7.23. The molecule has 1 N–H and O–H groups in total. The SMILES string of the molecule is C[C@@H]1CC[C@H](C)N2CN1n1cc(C(=O)NCc3c(F)cc(F)cc3F)c(=O)c(OCc3ccccc3)c1C2=O. The van der Waals surface area contributed by atoms with Gasteiger partial charge in [-0.15, -0.1) is 0 Å². The number of hydrogen-bond acceptors (Lipinski definition) is 5. The second kappa shape index (κ2) is 10.5. The van der Waals surface area contributed by atoms with Gasteiger partial charge in [0, 0.05) is 42.5 Å². The van der Waals surface area contributed by atoms with Gasteiger partial charge in [-0.2, -0.15) is 0 Å². The molecule has 0 aliphatic carbocycles. The highest BCUT2D eigenvalue weighted by Gasteiger charge is 2.40. The number of ether oxygens (including phenoxy) is 1. The zero-order valence-electron chi connectivity index (χ0n) is 21.4. The summed E-state index contributed by atoms with van der Waals surface area (Å²) in [5, 5.41) is 4.22. The lowest BCUT2D eigenvalue weighted by atomic mass is 10.1. The molecule has 3 heterocycles. The van der Waals surface area contributed by atoms with E-state index in [1.807, 2.05) is 24.9 Å². The highest BCUT2D eigenvalue weighted by molar-refractivity contribution is 5.99. The van der Waals surface area contributed by atoms with E-state index in [9.17, 15) is 27.6 Å². The van der Waals surface area contributed by atoms with Gasteiger partial charge in [-0.3, -0.25) is 24.1 Å². The molecule has 0 spiro atoms. The van der Waals surface area contributed by atoms with E-state index in [-0.39, 0.29) is 42.4 Å². The highest BCUT2D eigenvalue weighted by Crippen LogP contribution is 2.29. The standard InChI is InChI=1S/C28H27F3N4O4/c1-16-8-9-17(2)35-15-33(16)28(38)24-26(39-14-18-6-4-3-5-7-18)25(36)21(13-34(24)35)27(37)32-12-20-22(30)10-19(29)11-23(20)31/h3-7,10-11,13,16-17H,8-9,12,14-15H2,1-2H3,(H,32,37)/t16-,17+/m0/s1. The van der Waals surface area contributed by atoms with E-state index in [0.717, 1.165) is 18.4 Å². The quantitative estimate of drug-likeness (QED) is 0.516. The third-order valence-electron chi connectivity index (χ3n) is 7.23. The van der Waals surface area contributed by atoms with Gasteiger partial charge in [0.05, 0.1) is 0 Å². The fourth-order valence-corrected chi connectivity index (χ4v) is 4.91. The lowest BCUT2D eigenvalue weighted by Gasteiger charge is -2.42. The molecule has 2 aliphatic rings. The maximum Gasteiger partial charge on any atom is 0.278 e. The highest BCUT2D eigenvalue weighted by atomic mass is 19.1. The van der Waals surface area contributed by atoms with Crippen molar-refractivity contribution in [3.05, 3.63) is 98.7 Å². The van der Waals surface area contributed by atoms with Gasteiger partial charge in [0.15, 0.2) is 11.4 Å². The molecule has 5 rings (SSSR count). The second-order valence-corrected chi connectivity index (χ2v) is 9.83. The maximum atomic E-state index is 14.1. The van der Waals surface area contributed by atoms with Crippen LogP contribution in [0.5, 0.6) is 5.75 Å². The molecule has 3 aromatic rings. The molecule has 8 nitrogen and oxygen atoms in total. The van der Waals surface area contributed by atoms with Crippen molar-refractivity contribution in [2.45, 2.75) is 51.9 Å². The molecular weight excluding hydrogens is 513 g/mol. The van der Waals surface area contributed by atoms with Crippen LogP contribution in [0.1, 0.15) is 58.7 Å². The van der Waals surface area contributed by atoms with E-state index in [0.29, 0.717) is 12.1 Å².